The van der Waals surface area contributed by atoms with E-state index in [-0.39, 0.29) is 0 Å². The van der Waals surface area contributed by atoms with Gasteiger partial charge in [0.25, 0.3) is 0 Å². The van der Waals surface area contributed by atoms with Crippen LogP contribution < -0.4 is 0 Å². The van der Waals surface area contributed by atoms with Gasteiger partial charge in [-0.3, -0.25) is 0 Å². The summed E-state index contributed by atoms with van der Waals surface area (Å²) in [6.45, 7) is 7.21. The van der Waals surface area contributed by atoms with Crippen LogP contribution in [0.25, 0.3) is 0 Å². The molecule has 0 fully saturated rings. The molecule has 0 spiro atoms. The molecule has 0 radical (unpaired) electrons. The number of hydrogen-bond donors (Lipinski definition) is 0. The standard InChI is InChI=1S/C4H9.3C2H4OS.Sn/c1-3-4-2;3*1-2(3)4;/h1,3-4H2,2H3;3*1H3,(H,3,4);/q;;;;+3/p-3. The van der Waals surface area contributed by atoms with E-state index < -0.39 is 19.6 Å². The summed E-state index contributed by atoms with van der Waals surface area (Å²) >= 11 is 11.2. The molecule has 0 saturated heterocycles. The van der Waals surface area contributed by atoms with Crippen LogP contribution in [0.2, 0.25) is 4.44 Å². The van der Waals surface area contributed by atoms with Gasteiger partial charge < -0.3 is 0 Å². The van der Waals surface area contributed by atoms with Gasteiger partial charge in [0.2, 0.25) is 0 Å². The molecule has 0 aromatic rings. The third kappa shape index (κ3) is 8.23. The van der Waals surface area contributed by atoms with E-state index in [2.05, 4.69) is 6.92 Å². The molecule has 7 heteroatoms. The third-order valence-electron chi connectivity index (χ3n) is 1.73. The molecule has 17 heavy (non-hydrogen) atoms. The fourth-order valence-corrected chi connectivity index (χ4v) is 11.0. The Kier molecular flexibility index (Phi) is 8.79. The van der Waals surface area contributed by atoms with Crippen molar-refractivity contribution in [1.82, 2.24) is 0 Å². The van der Waals surface area contributed by atoms with E-state index in [9.17, 15) is 0 Å². The molecule has 0 aliphatic rings. The summed E-state index contributed by atoms with van der Waals surface area (Å²) in [5.41, 5.74) is 0. The zero-order valence-electron chi connectivity index (χ0n) is 10.6. The van der Waals surface area contributed by atoms with Crippen LogP contribution in [0.4, 0.5) is 0 Å². The number of unbranched alkanes of at least 4 members (excludes halogenated alkanes) is 1. The van der Waals surface area contributed by atoms with Crippen LogP contribution in [0.5, 0.6) is 0 Å². The van der Waals surface area contributed by atoms with E-state index >= 15 is 0 Å². The average Bonchev–Trinajstić information content (AvgIpc) is 2.11. The fourth-order valence-electron chi connectivity index (χ4n) is 1.27. The van der Waals surface area contributed by atoms with E-state index in [1.165, 1.54) is 0 Å². The Hall–Kier alpha value is 0.469. The molecule has 0 aromatic carbocycles. The average molecular weight is 401 g/mol. The minimum absolute atomic E-state index is 0.421. The van der Waals surface area contributed by atoms with Crippen molar-refractivity contribution in [3.63, 3.8) is 0 Å². The second kappa shape index (κ2) is 8.55. The zero-order chi connectivity index (χ0) is 13.5. The van der Waals surface area contributed by atoms with E-state index in [0.29, 0.717) is 15.2 Å². The number of rotatable bonds is 6. The van der Waals surface area contributed by atoms with E-state index in [4.69, 9.17) is 45.9 Å². The molecule has 0 N–H and O–H groups in total. The Labute approximate surface area is 125 Å². The number of thiocarbonyl (C=S) groups is 3. The maximum atomic E-state index is 5.68. The van der Waals surface area contributed by atoms with Crippen molar-refractivity contribution < 1.29 is 9.22 Å². The van der Waals surface area contributed by atoms with E-state index in [0.717, 1.165) is 17.3 Å². The molecule has 0 amide bonds. The second-order valence-corrected chi connectivity index (χ2v) is 12.4. The Balaban J connectivity index is 4.95. The molecule has 0 unspecified atom stereocenters. The van der Waals surface area contributed by atoms with Crippen molar-refractivity contribution in [2.24, 2.45) is 0 Å². The van der Waals surface area contributed by atoms with Crippen molar-refractivity contribution in [3.8, 4) is 0 Å². The predicted octanol–water partition coefficient (Wildman–Crippen LogP) is 3.82. The van der Waals surface area contributed by atoms with Gasteiger partial charge in [0.1, 0.15) is 0 Å². The first-order valence-corrected chi connectivity index (χ1v) is 12.1. The topological polar surface area (TPSA) is 27.7 Å². The van der Waals surface area contributed by atoms with Gasteiger partial charge in [-0.2, -0.15) is 0 Å². The molecule has 0 heterocycles. The second-order valence-electron chi connectivity index (χ2n) is 3.57. The monoisotopic (exact) mass is 402 g/mol. The van der Waals surface area contributed by atoms with Gasteiger partial charge in [0, 0.05) is 0 Å². The van der Waals surface area contributed by atoms with Crippen molar-refractivity contribution in [2.75, 3.05) is 0 Å². The van der Waals surface area contributed by atoms with Gasteiger partial charge in [0.05, 0.1) is 0 Å². The summed E-state index contributed by atoms with van der Waals surface area (Å²) in [7, 11) is 0. The normalized spacial score (nSPS) is 10.6. The summed E-state index contributed by atoms with van der Waals surface area (Å²) in [5.74, 6) is 0. The molecule has 0 aromatic heterocycles. The summed E-state index contributed by atoms with van der Waals surface area (Å²) in [4.78, 5) is 0. The quantitative estimate of drug-likeness (QED) is 0.497. The zero-order valence-corrected chi connectivity index (χ0v) is 15.9. The summed E-state index contributed by atoms with van der Waals surface area (Å²) in [5, 5.41) is 1.26. The van der Waals surface area contributed by atoms with E-state index in [1.807, 2.05) is 0 Å². The minimum atomic E-state index is -3.76. The van der Waals surface area contributed by atoms with Gasteiger partial charge >= 0.3 is 126 Å². The molecule has 0 atom stereocenters. The first kappa shape index (κ1) is 17.5. The first-order chi connectivity index (χ1) is 7.81. The Bertz CT molecular complexity index is 266. The van der Waals surface area contributed by atoms with Crippen LogP contribution in [0.3, 0.4) is 0 Å². The van der Waals surface area contributed by atoms with Crippen molar-refractivity contribution in [3.05, 3.63) is 0 Å². The third-order valence-corrected chi connectivity index (χ3v) is 11.3. The number of hydrogen-bond acceptors (Lipinski definition) is 6. The summed E-state index contributed by atoms with van der Waals surface area (Å²) in [6, 6.07) is 0. The molecular weight excluding hydrogens is 383 g/mol. The van der Waals surface area contributed by atoms with Gasteiger partial charge in [-0.25, -0.2) is 0 Å². The van der Waals surface area contributed by atoms with Crippen molar-refractivity contribution in [2.45, 2.75) is 45.0 Å². The first-order valence-electron chi connectivity index (χ1n) is 5.40. The van der Waals surface area contributed by atoms with Gasteiger partial charge in [-0.15, -0.1) is 0 Å². The Morgan fingerprint density at radius 3 is 1.47 bits per heavy atom. The van der Waals surface area contributed by atoms with Crippen LogP contribution in [-0.2, 0) is 9.22 Å². The van der Waals surface area contributed by atoms with Crippen molar-refractivity contribution >= 4 is 71.4 Å². The molecule has 0 aliphatic heterocycles. The Morgan fingerprint density at radius 1 is 0.882 bits per heavy atom. The maximum absolute atomic E-state index is 5.68. The predicted molar refractivity (Wildman–Crippen MR) is 83.5 cm³/mol. The van der Waals surface area contributed by atoms with Gasteiger partial charge in [-0.1, -0.05) is 0 Å². The van der Waals surface area contributed by atoms with Crippen LogP contribution in [0.1, 0.15) is 40.5 Å². The molecule has 0 aliphatic carbocycles. The van der Waals surface area contributed by atoms with Gasteiger partial charge in [-0.05, 0) is 0 Å². The Morgan fingerprint density at radius 2 is 1.24 bits per heavy atom. The SMILES string of the molecule is CCC[CH2][Sn]([O]C(C)=S)([O]C(C)=S)[O]C(C)=S. The molecular formula is C10H18O3S3Sn. The van der Waals surface area contributed by atoms with Gasteiger partial charge in [0.15, 0.2) is 0 Å². The van der Waals surface area contributed by atoms with Crippen LogP contribution in [0.15, 0.2) is 0 Å². The van der Waals surface area contributed by atoms with E-state index in [1.54, 1.807) is 20.8 Å². The molecule has 3 nitrogen and oxygen atoms in total. The molecule has 0 bridgehead atoms. The summed E-state index contributed by atoms with van der Waals surface area (Å²) < 4.78 is 17.8. The fraction of sp³-hybridized carbons (Fsp3) is 0.700. The summed E-state index contributed by atoms with van der Waals surface area (Å²) in [6.07, 6.45) is 1.97. The molecule has 0 rings (SSSR count). The van der Waals surface area contributed by atoms with Crippen LogP contribution in [-0.4, -0.2) is 34.8 Å². The van der Waals surface area contributed by atoms with Crippen LogP contribution in [0, 0.1) is 0 Å². The van der Waals surface area contributed by atoms with Crippen LogP contribution >= 0.6 is 36.7 Å². The molecule has 98 valence electrons. The molecule has 0 saturated carbocycles. The van der Waals surface area contributed by atoms with Crippen molar-refractivity contribution in [1.29, 1.82) is 0 Å².